The van der Waals surface area contributed by atoms with Gasteiger partial charge in [0.15, 0.2) is 11.5 Å². The molecule has 1 aromatic heterocycles. The van der Waals surface area contributed by atoms with Gasteiger partial charge in [-0.2, -0.15) is 0 Å². The molecule has 4 rings (SSSR count). The standard InChI is InChI=1S/C31H39N5O3.C5H10O2/c1-21(2)14-16-31(23-10-8-7-9-11-23)28(38)36(29(32)33-31)19-22-12-13-26(30(3,4)5)25(18-22)27(37)35(6)20-24-15-17-39-34-24;1-5(2,3)4(6)7/h7-13,15,17-18,21H,14,16,19-20H2,1-6H3,(H2,32,33);1-3H3,(H,6,7)/p-1/t31-;/m1./s1. The van der Waals surface area contributed by atoms with Crippen molar-refractivity contribution in [2.75, 3.05) is 7.05 Å². The molecule has 3 aromatic rings. The molecular weight excluding hydrogens is 582 g/mol. The predicted molar refractivity (Wildman–Crippen MR) is 176 cm³/mol. The predicted octanol–water partition coefficient (Wildman–Crippen LogP) is 5.02. The largest absolute Gasteiger partial charge is 0.550 e. The van der Waals surface area contributed by atoms with Crippen LogP contribution in [0.25, 0.3) is 0 Å². The first-order valence-electron chi connectivity index (χ1n) is 15.6. The Hall–Kier alpha value is -4.47. The highest BCUT2D eigenvalue weighted by molar-refractivity contribution is 6.07. The Morgan fingerprint density at radius 1 is 1.04 bits per heavy atom. The van der Waals surface area contributed by atoms with Crippen molar-refractivity contribution in [3.8, 4) is 0 Å². The zero-order valence-electron chi connectivity index (χ0n) is 28.6. The summed E-state index contributed by atoms with van der Waals surface area (Å²) in [5.74, 6) is -0.662. The van der Waals surface area contributed by atoms with E-state index in [1.807, 2.05) is 48.5 Å². The molecule has 2 amide bonds. The Bertz CT molecular complexity index is 1530. The second kappa shape index (κ2) is 14.3. The zero-order valence-corrected chi connectivity index (χ0v) is 28.6. The minimum Gasteiger partial charge on any atom is -0.550 e. The lowest BCUT2D eigenvalue weighted by atomic mass is 9.82. The lowest BCUT2D eigenvalue weighted by Gasteiger charge is -2.28. The first-order chi connectivity index (χ1) is 21.4. The van der Waals surface area contributed by atoms with E-state index in [9.17, 15) is 19.5 Å². The van der Waals surface area contributed by atoms with Gasteiger partial charge in [0, 0.05) is 30.1 Å². The van der Waals surface area contributed by atoms with Gasteiger partial charge in [0.05, 0.1) is 13.1 Å². The molecular formula is C36H48N5O5-. The molecule has 10 heteroatoms. The molecule has 0 bridgehead atoms. The fourth-order valence-electron chi connectivity index (χ4n) is 5.03. The van der Waals surface area contributed by atoms with Crippen molar-refractivity contribution >= 4 is 23.7 Å². The molecule has 1 atom stereocenters. The quantitative estimate of drug-likeness (QED) is 0.350. The van der Waals surface area contributed by atoms with Gasteiger partial charge in [0.1, 0.15) is 12.0 Å². The van der Waals surface area contributed by atoms with E-state index in [0.29, 0.717) is 30.1 Å². The summed E-state index contributed by atoms with van der Waals surface area (Å²) in [4.78, 5) is 45.5. The molecule has 0 saturated carbocycles. The van der Waals surface area contributed by atoms with Crippen LogP contribution in [-0.4, -0.2) is 45.7 Å². The average Bonchev–Trinajstić information content (AvgIpc) is 3.57. The number of carbonyl (C=O) groups is 3. The zero-order chi connectivity index (χ0) is 34.4. The minimum absolute atomic E-state index is 0.130. The summed E-state index contributed by atoms with van der Waals surface area (Å²) in [7, 11) is 1.74. The van der Waals surface area contributed by atoms with Crippen molar-refractivity contribution in [2.24, 2.45) is 22.1 Å². The number of aromatic nitrogens is 1. The summed E-state index contributed by atoms with van der Waals surface area (Å²) in [5.41, 5.74) is 8.25. The molecule has 1 aliphatic heterocycles. The maximum Gasteiger partial charge on any atom is 0.262 e. The lowest BCUT2D eigenvalue weighted by molar-refractivity contribution is -0.316. The number of hydrogen-bond donors (Lipinski definition) is 1. The number of carbonyl (C=O) groups excluding carboxylic acids is 3. The summed E-state index contributed by atoms with van der Waals surface area (Å²) < 4.78 is 4.92. The van der Waals surface area contributed by atoms with E-state index < -0.39 is 16.9 Å². The Kier molecular flexibility index (Phi) is 11.2. The normalized spacial score (nSPS) is 16.6. The van der Waals surface area contributed by atoms with Gasteiger partial charge in [-0.15, -0.1) is 0 Å². The third-order valence-corrected chi connectivity index (χ3v) is 7.83. The van der Waals surface area contributed by atoms with Crippen LogP contribution in [0.15, 0.2) is 70.4 Å². The molecule has 46 heavy (non-hydrogen) atoms. The highest BCUT2D eigenvalue weighted by Crippen LogP contribution is 2.39. The Morgan fingerprint density at radius 2 is 1.67 bits per heavy atom. The molecule has 2 heterocycles. The Balaban J connectivity index is 0.000000738. The van der Waals surface area contributed by atoms with Gasteiger partial charge in [-0.1, -0.05) is 103 Å². The molecule has 0 aliphatic carbocycles. The van der Waals surface area contributed by atoms with E-state index in [0.717, 1.165) is 23.1 Å². The van der Waals surface area contributed by atoms with Crippen LogP contribution in [0.3, 0.4) is 0 Å². The molecule has 248 valence electrons. The fraction of sp³-hybridized carbons (Fsp3) is 0.472. The van der Waals surface area contributed by atoms with Crippen molar-refractivity contribution in [1.82, 2.24) is 15.0 Å². The monoisotopic (exact) mass is 630 g/mol. The number of nitrogens with zero attached hydrogens (tertiary/aromatic N) is 4. The number of nitrogens with two attached hydrogens (primary N) is 1. The molecule has 2 aromatic carbocycles. The summed E-state index contributed by atoms with van der Waals surface area (Å²) in [5, 5.41) is 13.8. The van der Waals surface area contributed by atoms with Gasteiger partial charge in [0.25, 0.3) is 11.8 Å². The number of guanidine groups is 1. The van der Waals surface area contributed by atoms with Crippen molar-refractivity contribution in [3.63, 3.8) is 0 Å². The van der Waals surface area contributed by atoms with E-state index in [2.05, 4.69) is 39.8 Å². The number of amides is 2. The summed E-state index contributed by atoms with van der Waals surface area (Å²) in [6.45, 7) is 15.9. The SMILES string of the molecule is CC(C)(C)C(=O)[O-].CC(C)CC[C@]1(c2ccccc2)N=C(N)N(Cc2ccc(C(C)(C)C)c(C(=O)N(C)Cc3ccon3)c2)C1=O. The number of carboxylic acids is 1. The molecule has 0 fully saturated rings. The third kappa shape index (κ3) is 8.62. The van der Waals surface area contributed by atoms with Crippen LogP contribution >= 0.6 is 0 Å². The van der Waals surface area contributed by atoms with Crippen molar-refractivity contribution in [3.05, 3.63) is 88.8 Å². The van der Waals surface area contributed by atoms with Gasteiger partial charge in [-0.05, 0) is 46.9 Å². The van der Waals surface area contributed by atoms with Crippen LogP contribution < -0.4 is 10.8 Å². The van der Waals surface area contributed by atoms with Crippen molar-refractivity contribution in [2.45, 2.75) is 92.3 Å². The minimum atomic E-state index is -1.04. The molecule has 10 nitrogen and oxygen atoms in total. The fourth-order valence-corrected chi connectivity index (χ4v) is 5.03. The maximum atomic E-state index is 14.0. The molecule has 0 radical (unpaired) electrons. The number of benzene rings is 2. The number of carboxylic acid groups (broad SMARTS) is 1. The van der Waals surface area contributed by atoms with Crippen molar-refractivity contribution < 1.29 is 24.0 Å². The number of aliphatic imine (C=N–C) groups is 1. The summed E-state index contributed by atoms with van der Waals surface area (Å²) in [6.07, 6.45) is 2.90. The first kappa shape index (κ1) is 36.0. The second-order valence-electron chi connectivity index (χ2n) is 14.3. The molecule has 0 unspecified atom stereocenters. The van der Waals surface area contributed by atoms with Crippen LogP contribution in [0.1, 0.15) is 101 Å². The summed E-state index contributed by atoms with van der Waals surface area (Å²) >= 11 is 0. The molecule has 0 spiro atoms. The third-order valence-electron chi connectivity index (χ3n) is 7.83. The maximum absolute atomic E-state index is 14.0. The average molecular weight is 631 g/mol. The Morgan fingerprint density at radius 3 is 2.20 bits per heavy atom. The highest BCUT2D eigenvalue weighted by Gasteiger charge is 2.48. The van der Waals surface area contributed by atoms with Crippen LogP contribution in [0.2, 0.25) is 0 Å². The van der Waals surface area contributed by atoms with E-state index in [1.165, 1.54) is 6.26 Å². The second-order valence-corrected chi connectivity index (χ2v) is 14.3. The van der Waals surface area contributed by atoms with Gasteiger partial charge in [-0.25, -0.2) is 4.99 Å². The van der Waals surface area contributed by atoms with Gasteiger partial charge < -0.3 is 25.1 Å². The van der Waals surface area contributed by atoms with E-state index in [1.54, 1.807) is 43.7 Å². The number of aliphatic carboxylic acids is 1. The summed E-state index contributed by atoms with van der Waals surface area (Å²) in [6, 6.07) is 17.2. The van der Waals surface area contributed by atoms with Gasteiger partial charge >= 0.3 is 0 Å². The molecule has 2 N–H and O–H groups in total. The first-order valence-corrected chi connectivity index (χ1v) is 15.6. The molecule has 1 aliphatic rings. The van der Waals surface area contributed by atoms with E-state index in [4.69, 9.17) is 15.2 Å². The number of hydrogen-bond acceptors (Lipinski definition) is 8. The topological polar surface area (TPSA) is 145 Å². The molecule has 0 saturated heterocycles. The van der Waals surface area contributed by atoms with E-state index in [-0.39, 0.29) is 29.7 Å². The van der Waals surface area contributed by atoms with Crippen molar-refractivity contribution in [1.29, 1.82) is 0 Å². The Labute approximate surface area is 272 Å². The number of rotatable bonds is 9. The smallest absolute Gasteiger partial charge is 0.262 e. The highest BCUT2D eigenvalue weighted by atomic mass is 16.5. The van der Waals surface area contributed by atoms with Gasteiger partial charge in [-0.3, -0.25) is 14.5 Å². The van der Waals surface area contributed by atoms with Crippen LogP contribution in [-0.2, 0) is 33.6 Å². The lowest BCUT2D eigenvalue weighted by Crippen LogP contribution is -2.42. The van der Waals surface area contributed by atoms with Crippen LogP contribution in [0.5, 0.6) is 0 Å². The van der Waals surface area contributed by atoms with Crippen LogP contribution in [0, 0.1) is 11.3 Å². The van der Waals surface area contributed by atoms with E-state index >= 15 is 0 Å². The van der Waals surface area contributed by atoms with Crippen LogP contribution in [0.4, 0.5) is 0 Å². The van der Waals surface area contributed by atoms with Gasteiger partial charge in [0.2, 0.25) is 0 Å².